The topological polar surface area (TPSA) is 26.3 Å². The highest BCUT2D eigenvalue weighted by atomic mass is 16.5. The lowest BCUT2D eigenvalue weighted by Crippen LogP contribution is -2.10. The molecule has 2 aromatic rings. The quantitative estimate of drug-likeness (QED) is 0.389. The number of unbranched alkanes of at least 4 members (excludes halogenated alkanes) is 6. The van der Waals surface area contributed by atoms with Gasteiger partial charge in [0, 0.05) is 17.5 Å². The second-order valence-electron chi connectivity index (χ2n) is 6.92. The lowest BCUT2D eigenvalue weighted by Gasteiger charge is -2.15. The molecule has 0 saturated heterocycles. The zero-order chi connectivity index (χ0) is 17.5. The normalized spacial score (nSPS) is 12.7. The molecule has 0 amide bonds. The van der Waals surface area contributed by atoms with Crippen LogP contribution in [0.1, 0.15) is 75.5 Å². The number of benzene rings is 2. The maximum atomic E-state index is 12.3. The van der Waals surface area contributed by atoms with Crippen molar-refractivity contribution in [2.75, 3.05) is 0 Å². The number of rotatable bonds is 9. The first-order chi connectivity index (χ1) is 12.3. The van der Waals surface area contributed by atoms with Crippen molar-refractivity contribution in [3.05, 3.63) is 59.7 Å². The molecule has 0 spiro atoms. The summed E-state index contributed by atoms with van der Waals surface area (Å²) in [5.74, 6) is -0.0786. The molecular weight excluding hydrogens is 308 g/mol. The van der Waals surface area contributed by atoms with Crippen molar-refractivity contribution in [1.82, 2.24) is 0 Å². The van der Waals surface area contributed by atoms with E-state index in [9.17, 15) is 4.79 Å². The van der Waals surface area contributed by atoms with Crippen LogP contribution < -0.4 is 0 Å². The maximum absolute atomic E-state index is 12.3. The van der Waals surface area contributed by atoms with E-state index in [4.69, 9.17) is 4.74 Å². The lowest BCUT2D eigenvalue weighted by atomic mass is 10.1. The molecule has 1 aliphatic rings. The van der Waals surface area contributed by atoms with E-state index in [-0.39, 0.29) is 12.1 Å². The SMILES string of the molecule is CCCCCCCCCC(=O)OC1c2ccccc2-c2ccccc21. The van der Waals surface area contributed by atoms with Gasteiger partial charge in [-0.1, -0.05) is 94.0 Å². The Morgan fingerprint density at radius 3 is 1.92 bits per heavy atom. The first kappa shape index (κ1) is 17.7. The molecule has 0 unspecified atom stereocenters. The van der Waals surface area contributed by atoms with Gasteiger partial charge in [-0.3, -0.25) is 4.79 Å². The number of ether oxygens (including phenoxy) is 1. The van der Waals surface area contributed by atoms with Crippen LogP contribution in [0.5, 0.6) is 0 Å². The predicted octanol–water partition coefficient (Wildman–Crippen LogP) is 6.44. The number of carbonyl (C=O) groups is 1. The Kier molecular flexibility index (Phi) is 6.27. The summed E-state index contributed by atoms with van der Waals surface area (Å²) in [5.41, 5.74) is 4.59. The average Bonchev–Trinajstić information content (AvgIpc) is 2.95. The second-order valence-corrected chi connectivity index (χ2v) is 6.92. The van der Waals surface area contributed by atoms with Crippen molar-refractivity contribution >= 4 is 5.97 Å². The van der Waals surface area contributed by atoms with Gasteiger partial charge in [0.15, 0.2) is 6.10 Å². The molecule has 2 aromatic carbocycles. The fourth-order valence-electron chi connectivity index (χ4n) is 3.65. The molecular formula is C23H28O2. The Hall–Kier alpha value is -2.09. The minimum Gasteiger partial charge on any atom is -0.452 e. The number of hydrogen-bond donors (Lipinski definition) is 0. The van der Waals surface area contributed by atoms with E-state index in [1.165, 1.54) is 43.2 Å². The average molecular weight is 336 g/mol. The molecule has 0 N–H and O–H groups in total. The van der Waals surface area contributed by atoms with Crippen LogP contribution in [0.2, 0.25) is 0 Å². The molecule has 0 bridgehead atoms. The molecule has 0 heterocycles. The smallest absolute Gasteiger partial charge is 0.306 e. The molecule has 0 aromatic heterocycles. The molecule has 25 heavy (non-hydrogen) atoms. The zero-order valence-electron chi connectivity index (χ0n) is 15.2. The summed E-state index contributed by atoms with van der Waals surface area (Å²) in [5, 5.41) is 0. The van der Waals surface area contributed by atoms with Crippen LogP contribution >= 0.6 is 0 Å². The van der Waals surface area contributed by atoms with Crippen LogP contribution in [-0.2, 0) is 9.53 Å². The molecule has 2 nitrogen and oxygen atoms in total. The van der Waals surface area contributed by atoms with Gasteiger partial charge in [0.1, 0.15) is 0 Å². The third-order valence-corrected chi connectivity index (χ3v) is 5.01. The molecule has 132 valence electrons. The van der Waals surface area contributed by atoms with Gasteiger partial charge in [0.25, 0.3) is 0 Å². The van der Waals surface area contributed by atoms with E-state index in [0.717, 1.165) is 24.0 Å². The zero-order valence-corrected chi connectivity index (χ0v) is 15.2. The minimum atomic E-state index is -0.246. The van der Waals surface area contributed by atoms with E-state index >= 15 is 0 Å². The van der Waals surface area contributed by atoms with E-state index in [2.05, 4.69) is 31.2 Å². The lowest BCUT2D eigenvalue weighted by molar-refractivity contribution is -0.147. The molecule has 1 aliphatic carbocycles. The van der Waals surface area contributed by atoms with Crippen molar-refractivity contribution in [2.24, 2.45) is 0 Å². The van der Waals surface area contributed by atoms with Gasteiger partial charge in [-0.15, -0.1) is 0 Å². The fraction of sp³-hybridized carbons (Fsp3) is 0.435. The molecule has 3 rings (SSSR count). The van der Waals surface area contributed by atoms with Crippen LogP contribution in [0.15, 0.2) is 48.5 Å². The van der Waals surface area contributed by atoms with E-state index in [0.29, 0.717) is 6.42 Å². The molecule has 0 radical (unpaired) electrons. The van der Waals surface area contributed by atoms with Crippen LogP contribution in [-0.4, -0.2) is 5.97 Å². The van der Waals surface area contributed by atoms with Crippen molar-refractivity contribution < 1.29 is 9.53 Å². The first-order valence-corrected chi connectivity index (χ1v) is 9.69. The standard InChI is InChI=1S/C23H28O2/c1-2-3-4-5-6-7-8-17-22(24)25-23-20-15-11-9-13-18(20)19-14-10-12-16-21(19)23/h9-16,23H,2-8,17H2,1H3. The number of fused-ring (bicyclic) bond motifs is 3. The highest BCUT2D eigenvalue weighted by molar-refractivity contribution is 5.80. The van der Waals surface area contributed by atoms with Gasteiger partial charge in [0.05, 0.1) is 0 Å². The van der Waals surface area contributed by atoms with Gasteiger partial charge < -0.3 is 4.74 Å². The Labute approximate surface area is 151 Å². The van der Waals surface area contributed by atoms with Crippen molar-refractivity contribution in [2.45, 2.75) is 64.4 Å². The van der Waals surface area contributed by atoms with Gasteiger partial charge in [-0.25, -0.2) is 0 Å². The van der Waals surface area contributed by atoms with E-state index in [1.54, 1.807) is 0 Å². The van der Waals surface area contributed by atoms with Gasteiger partial charge in [0.2, 0.25) is 0 Å². The molecule has 0 saturated carbocycles. The van der Waals surface area contributed by atoms with Crippen molar-refractivity contribution in [3.8, 4) is 11.1 Å². The number of carbonyl (C=O) groups excluding carboxylic acids is 1. The van der Waals surface area contributed by atoms with Gasteiger partial charge >= 0.3 is 5.97 Å². The maximum Gasteiger partial charge on any atom is 0.306 e. The predicted molar refractivity (Wildman–Crippen MR) is 102 cm³/mol. The van der Waals surface area contributed by atoms with Crippen LogP contribution in [0.3, 0.4) is 0 Å². The molecule has 2 heteroatoms. The van der Waals surface area contributed by atoms with Crippen LogP contribution in [0.4, 0.5) is 0 Å². The summed E-state index contributed by atoms with van der Waals surface area (Å²) in [6.07, 6.45) is 8.75. The van der Waals surface area contributed by atoms with Gasteiger partial charge in [-0.05, 0) is 17.5 Å². The molecule has 0 fully saturated rings. The number of esters is 1. The monoisotopic (exact) mass is 336 g/mol. The third kappa shape index (κ3) is 4.31. The first-order valence-electron chi connectivity index (χ1n) is 9.69. The Morgan fingerprint density at radius 2 is 1.32 bits per heavy atom. The Bertz CT molecular complexity index is 659. The summed E-state index contributed by atoms with van der Waals surface area (Å²) in [6.45, 7) is 2.23. The summed E-state index contributed by atoms with van der Waals surface area (Å²) >= 11 is 0. The van der Waals surface area contributed by atoms with Crippen molar-refractivity contribution in [1.29, 1.82) is 0 Å². The van der Waals surface area contributed by atoms with Crippen LogP contribution in [0.25, 0.3) is 11.1 Å². The fourth-order valence-corrected chi connectivity index (χ4v) is 3.65. The van der Waals surface area contributed by atoms with Crippen LogP contribution in [0, 0.1) is 0 Å². The highest BCUT2D eigenvalue weighted by Gasteiger charge is 2.30. The Balaban J connectivity index is 1.53. The highest BCUT2D eigenvalue weighted by Crippen LogP contribution is 2.45. The van der Waals surface area contributed by atoms with Gasteiger partial charge in [-0.2, -0.15) is 0 Å². The third-order valence-electron chi connectivity index (χ3n) is 5.01. The largest absolute Gasteiger partial charge is 0.452 e. The number of hydrogen-bond acceptors (Lipinski definition) is 2. The Morgan fingerprint density at radius 1 is 0.800 bits per heavy atom. The summed E-state index contributed by atoms with van der Waals surface area (Å²) in [7, 11) is 0. The summed E-state index contributed by atoms with van der Waals surface area (Å²) < 4.78 is 5.87. The molecule has 0 atom stereocenters. The minimum absolute atomic E-state index is 0.0786. The molecule has 0 aliphatic heterocycles. The summed E-state index contributed by atoms with van der Waals surface area (Å²) in [4.78, 5) is 12.3. The van der Waals surface area contributed by atoms with E-state index in [1.807, 2.05) is 24.3 Å². The second kappa shape index (κ2) is 8.84. The summed E-state index contributed by atoms with van der Waals surface area (Å²) in [6, 6.07) is 16.5. The van der Waals surface area contributed by atoms with E-state index < -0.39 is 0 Å². The van der Waals surface area contributed by atoms with Crippen molar-refractivity contribution in [3.63, 3.8) is 0 Å².